The lowest BCUT2D eigenvalue weighted by atomic mass is 9.71. The quantitative estimate of drug-likeness (QED) is 0.407. The van der Waals surface area contributed by atoms with Crippen LogP contribution in [0.1, 0.15) is 84.4 Å². The zero-order chi connectivity index (χ0) is 31.7. The van der Waals surface area contributed by atoms with E-state index in [2.05, 4.69) is 10.7 Å². The Kier molecular flexibility index (Phi) is 9.69. The van der Waals surface area contributed by atoms with Gasteiger partial charge in [-0.05, 0) is 55.2 Å². The van der Waals surface area contributed by atoms with Gasteiger partial charge in [-0.25, -0.2) is 5.43 Å². The average Bonchev–Trinajstić information content (AvgIpc) is 2.93. The molecule has 0 saturated carbocycles. The Morgan fingerprint density at radius 2 is 1.77 bits per heavy atom. The van der Waals surface area contributed by atoms with E-state index in [0.29, 0.717) is 30.5 Å². The van der Waals surface area contributed by atoms with Crippen molar-refractivity contribution < 1.29 is 27.6 Å². The summed E-state index contributed by atoms with van der Waals surface area (Å²) in [5.41, 5.74) is 3.84. The van der Waals surface area contributed by atoms with Gasteiger partial charge in [0.25, 0.3) is 5.91 Å². The SMILES string of the molecule is CC(C)[C@@H]1C[C@H](C(F)(F)F)C(C)(C)/C=C/c2ccc3ccc(nc3c2)[C@@H](C)CC(=O)[C@@H]2CCCN(N2)C(=O)[C@H](C)NC1=O. The highest BCUT2D eigenvalue weighted by atomic mass is 19.4. The van der Waals surface area contributed by atoms with E-state index in [1.54, 1.807) is 26.0 Å². The number of hydrogen-bond acceptors (Lipinski definition) is 5. The van der Waals surface area contributed by atoms with Gasteiger partial charge in [-0.15, -0.1) is 0 Å². The molecule has 0 radical (unpaired) electrons. The molecule has 43 heavy (non-hydrogen) atoms. The zero-order valence-electron chi connectivity index (χ0n) is 25.8. The number of ketones is 1. The van der Waals surface area contributed by atoms with Gasteiger partial charge >= 0.3 is 6.18 Å². The fraction of sp³-hybridized carbons (Fsp3) is 0.576. The summed E-state index contributed by atoms with van der Waals surface area (Å²) in [6.07, 6.45) is -0.356. The molecule has 234 valence electrons. The Balaban J connectivity index is 1.76. The van der Waals surface area contributed by atoms with Gasteiger partial charge < -0.3 is 5.32 Å². The van der Waals surface area contributed by atoms with Crippen molar-refractivity contribution in [2.45, 2.75) is 91.4 Å². The summed E-state index contributed by atoms with van der Waals surface area (Å²) in [5.74, 6) is -4.43. The predicted molar refractivity (Wildman–Crippen MR) is 161 cm³/mol. The molecule has 5 bridgehead atoms. The number of alkyl halides is 3. The molecule has 5 atom stereocenters. The molecule has 2 aromatic rings. The smallest absolute Gasteiger partial charge is 0.344 e. The molecule has 2 N–H and O–H groups in total. The molecule has 0 aliphatic carbocycles. The van der Waals surface area contributed by atoms with Gasteiger partial charge in [0.15, 0.2) is 5.78 Å². The van der Waals surface area contributed by atoms with Gasteiger partial charge in [-0.2, -0.15) is 13.2 Å². The van der Waals surface area contributed by atoms with E-state index >= 15 is 0 Å². The van der Waals surface area contributed by atoms with Crippen molar-refractivity contribution in [2.75, 3.05) is 6.54 Å². The van der Waals surface area contributed by atoms with E-state index in [0.717, 1.165) is 11.1 Å². The van der Waals surface area contributed by atoms with Crippen LogP contribution in [-0.2, 0) is 14.4 Å². The van der Waals surface area contributed by atoms with Crippen molar-refractivity contribution in [1.82, 2.24) is 20.7 Å². The van der Waals surface area contributed by atoms with Gasteiger partial charge in [0.05, 0.1) is 17.5 Å². The molecule has 2 aliphatic rings. The maximum absolute atomic E-state index is 14.6. The third kappa shape index (κ3) is 7.63. The van der Waals surface area contributed by atoms with Crippen LogP contribution >= 0.6 is 0 Å². The molecule has 2 amide bonds. The number of carbonyl (C=O) groups excluding carboxylic acids is 3. The molecule has 1 saturated heterocycles. The molecular formula is C33H43F3N4O3. The number of carbonyl (C=O) groups is 3. The fourth-order valence-electron chi connectivity index (χ4n) is 6.09. The van der Waals surface area contributed by atoms with E-state index < -0.39 is 59.7 Å². The van der Waals surface area contributed by atoms with Gasteiger partial charge in [0.2, 0.25) is 5.91 Å². The summed E-state index contributed by atoms with van der Waals surface area (Å²) in [7, 11) is 0. The lowest BCUT2D eigenvalue weighted by Gasteiger charge is -2.37. The summed E-state index contributed by atoms with van der Waals surface area (Å²) >= 11 is 0. The fourth-order valence-corrected chi connectivity index (χ4v) is 6.09. The molecule has 0 unspecified atom stereocenters. The molecule has 2 aliphatic heterocycles. The summed E-state index contributed by atoms with van der Waals surface area (Å²) in [4.78, 5) is 44.8. The van der Waals surface area contributed by atoms with Crippen molar-refractivity contribution >= 4 is 34.6 Å². The Morgan fingerprint density at radius 1 is 1.07 bits per heavy atom. The zero-order valence-corrected chi connectivity index (χ0v) is 25.8. The van der Waals surface area contributed by atoms with E-state index in [-0.39, 0.29) is 18.1 Å². The number of fused-ring (bicyclic) bond motifs is 4. The number of Topliss-reactive ketones (excluding diaryl/α,β-unsaturated/α-hetero) is 1. The van der Waals surface area contributed by atoms with Gasteiger partial charge in [-0.3, -0.25) is 24.4 Å². The number of allylic oxidation sites excluding steroid dienone is 1. The van der Waals surface area contributed by atoms with Crippen LogP contribution in [0.15, 0.2) is 36.4 Å². The summed E-state index contributed by atoms with van der Waals surface area (Å²) in [6.45, 7) is 10.3. The standard InChI is InChI=1S/C33H43F3N4O3/c1-19(2)24-18-29(33(34,35)36)32(5,6)14-13-22-9-10-23-11-12-25(38-27(23)17-22)20(3)16-28(41)26-8-7-15-40(39-26)31(43)21(4)37-30(24)42/h9-14,17,19-21,24,26,29,39H,7-8,15-16,18H2,1-6H3,(H,37,42)/b14-13+/t20-,21-,24-,26-,29-/m0/s1. The average molecular weight is 601 g/mol. The molecule has 1 aromatic carbocycles. The lowest BCUT2D eigenvalue weighted by molar-refractivity contribution is -0.202. The molecule has 0 spiro atoms. The number of nitrogens with zero attached hydrogens (tertiary/aromatic N) is 2. The Bertz CT molecular complexity index is 1390. The number of aromatic nitrogens is 1. The summed E-state index contributed by atoms with van der Waals surface area (Å²) in [5, 5.41) is 4.91. The predicted octanol–water partition coefficient (Wildman–Crippen LogP) is 6.19. The first kappa shape index (κ1) is 32.6. The molecule has 7 nitrogen and oxygen atoms in total. The van der Waals surface area contributed by atoms with Crippen LogP contribution in [0.4, 0.5) is 13.2 Å². The minimum Gasteiger partial charge on any atom is -0.344 e. The van der Waals surface area contributed by atoms with E-state index in [9.17, 15) is 27.6 Å². The largest absolute Gasteiger partial charge is 0.392 e. The normalized spacial score (nSPS) is 28.7. The van der Waals surface area contributed by atoms with Gasteiger partial charge in [0.1, 0.15) is 6.04 Å². The van der Waals surface area contributed by atoms with E-state index in [4.69, 9.17) is 4.98 Å². The highest BCUT2D eigenvalue weighted by Gasteiger charge is 2.49. The number of hydrogen-bond donors (Lipinski definition) is 2. The minimum absolute atomic E-state index is 0.0357. The number of halogens is 3. The summed E-state index contributed by atoms with van der Waals surface area (Å²) in [6, 6.07) is 7.83. The Hall–Kier alpha value is -3.27. The number of hydrazine groups is 1. The van der Waals surface area contributed by atoms with E-state index in [1.807, 2.05) is 37.3 Å². The Labute approximate surface area is 251 Å². The monoisotopic (exact) mass is 600 g/mol. The van der Waals surface area contributed by atoms with Crippen LogP contribution in [0.5, 0.6) is 0 Å². The summed E-state index contributed by atoms with van der Waals surface area (Å²) < 4.78 is 43.8. The first-order valence-corrected chi connectivity index (χ1v) is 15.1. The second kappa shape index (κ2) is 12.8. The number of benzene rings is 1. The van der Waals surface area contributed by atoms with Crippen molar-refractivity contribution in [3.8, 4) is 0 Å². The highest BCUT2D eigenvalue weighted by Crippen LogP contribution is 2.46. The maximum Gasteiger partial charge on any atom is 0.392 e. The van der Waals surface area contributed by atoms with Crippen LogP contribution < -0.4 is 10.7 Å². The van der Waals surface area contributed by atoms with E-state index in [1.165, 1.54) is 25.8 Å². The van der Waals surface area contributed by atoms with Gasteiger partial charge in [0, 0.05) is 35.9 Å². The molecular weight excluding hydrogens is 557 g/mol. The highest BCUT2D eigenvalue weighted by molar-refractivity contribution is 5.89. The van der Waals surface area contributed by atoms with Crippen molar-refractivity contribution in [2.24, 2.45) is 23.2 Å². The van der Waals surface area contributed by atoms with Crippen LogP contribution in [-0.4, -0.2) is 52.4 Å². The van der Waals surface area contributed by atoms with Crippen LogP contribution in [0.3, 0.4) is 0 Å². The minimum atomic E-state index is -4.56. The van der Waals surface area contributed by atoms with Crippen molar-refractivity contribution in [3.63, 3.8) is 0 Å². The Morgan fingerprint density at radius 3 is 2.44 bits per heavy atom. The molecule has 3 heterocycles. The molecule has 10 heteroatoms. The van der Waals surface area contributed by atoms with Crippen molar-refractivity contribution in [1.29, 1.82) is 0 Å². The molecule has 1 fully saturated rings. The lowest BCUT2D eigenvalue weighted by Crippen LogP contribution is -2.59. The van der Waals surface area contributed by atoms with Crippen LogP contribution in [0, 0.1) is 23.2 Å². The van der Waals surface area contributed by atoms with Crippen LogP contribution in [0.2, 0.25) is 0 Å². The molecule has 1 aromatic heterocycles. The third-order valence-electron chi connectivity index (χ3n) is 8.95. The number of amides is 2. The number of nitrogens with one attached hydrogen (secondary N) is 2. The number of pyridine rings is 1. The second-order valence-corrected chi connectivity index (χ2v) is 13.1. The van der Waals surface area contributed by atoms with Gasteiger partial charge in [-0.1, -0.05) is 65.0 Å². The second-order valence-electron chi connectivity index (χ2n) is 13.1. The number of rotatable bonds is 1. The molecule has 4 rings (SSSR count). The topological polar surface area (TPSA) is 91.4 Å². The maximum atomic E-state index is 14.6. The first-order chi connectivity index (χ1) is 20.1. The van der Waals surface area contributed by atoms with Crippen LogP contribution in [0.25, 0.3) is 17.0 Å². The first-order valence-electron chi connectivity index (χ1n) is 15.1. The third-order valence-corrected chi connectivity index (χ3v) is 8.95. The van der Waals surface area contributed by atoms with Crippen molar-refractivity contribution in [3.05, 3.63) is 47.7 Å².